The summed E-state index contributed by atoms with van der Waals surface area (Å²) in [6.45, 7) is 7.73. The Labute approximate surface area is 126 Å². The van der Waals surface area contributed by atoms with Gasteiger partial charge in [0, 0.05) is 19.0 Å². The molecule has 4 nitrogen and oxygen atoms in total. The first kappa shape index (κ1) is 15.5. The number of benzene rings is 1. The minimum atomic E-state index is 0.116. The van der Waals surface area contributed by atoms with Crippen molar-refractivity contribution < 1.29 is 4.79 Å². The van der Waals surface area contributed by atoms with Crippen molar-refractivity contribution in [3.8, 4) is 0 Å². The van der Waals surface area contributed by atoms with E-state index in [1.165, 1.54) is 5.52 Å². The van der Waals surface area contributed by atoms with E-state index in [1.54, 1.807) is 0 Å². The van der Waals surface area contributed by atoms with Gasteiger partial charge in [0.25, 0.3) is 0 Å². The van der Waals surface area contributed by atoms with Crippen LogP contribution in [0.5, 0.6) is 0 Å². The van der Waals surface area contributed by atoms with E-state index >= 15 is 0 Å². The van der Waals surface area contributed by atoms with Crippen LogP contribution in [-0.4, -0.2) is 22.0 Å². The Morgan fingerprint density at radius 1 is 1.38 bits per heavy atom. The lowest BCUT2D eigenvalue weighted by molar-refractivity contribution is -0.124. The van der Waals surface area contributed by atoms with Crippen LogP contribution in [0.2, 0.25) is 0 Å². The number of nitrogens with zero attached hydrogens (tertiary/aromatic N) is 2. The predicted octanol–water partition coefficient (Wildman–Crippen LogP) is 3.29. The fourth-order valence-corrected chi connectivity index (χ4v) is 2.67. The number of rotatable bonds is 7. The third-order valence-electron chi connectivity index (χ3n) is 3.87. The van der Waals surface area contributed by atoms with E-state index in [4.69, 9.17) is 0 Å². The summed E-state index contributed by atoms with van der Waals surface area (Å²) in [7, 11) is 0. The molecule has 114 valence electrons. The molecule has 1 amide bonds. The minimum absolute atomic E-state index is 0.116. The molecule has 1 aromatic heterocycles. The molecular weight excluding hydrogens is 262 g/mol. The Kier molecular flexibility index (Phi) is 5.37. The van der Waals surface area contributed by atoms with Crippen molar-refractivity contribution in [3.63, 3.8) is 0 Å². The summed E-state index contributed by atoms with van der Waals surface area (Å²) < 4.78 is 2.22. The van der Waals surface area contributed by atoms with Gasteiger partial charge in [-0.25, -0.2) is 4.98 Å². The lowest BCUT2D eigenvalue weighted by Crippen LogP contribution is -2.30. The van der Waals surface area contributed by atoms with Gasteiger partial charge in [0.05, 0.1) is 11.0 Å². The quantitative estimate of drug-likeness (QED) is 0.794. The maximum atomic E-state index is 11.8. The summed E-state index contributed by atoms with van der Waals surface area (Å²) in [6, 6.07) is 8.17. The number of nitrogens with one attached hydrogen (secondary N) is 1. The van der Waals surface area contributed by atoms with Crippen LogP contribution in [0, 0.1) is 12.8 Å². The number of amides is 1. The minimum Gasteiger partial charge on any atom is -0.356 e. The Morgan fingerprint density at radius 3 is 2.90 bits per heavy atom. The molecule has 1 heterocycles. The number of carbonyl (C=O) groups excluding carboxylic acids is 1. The highest BCUT2D eigenvalue weighted by Crippen LogP contribution is 2.15. The first-order valence-corrected chi connectivity index (χ1v) is 7.83. The molecule has 2 rings (SSSR count). The number of carbonyl (C=O) groups is 1. The molecule has 0 spiro atoms. The second-order valence-electron chi connectivity index (χ2n) is 5.63. The van der Waals surface area contributed by atoms with Crippen LogP contribution in [0.4, 0.5) is 0 Å². The molecule has 0 aliphatic carbocycles. The SMILES string of the molecule is CCCC(C)C(=O)NCCCn1c(C)nc2ccccc21. The van der Waals surface area contributed by atoms with E-state index in [0.29, 0.717) is 0 Å². The topological polar surface area (TPSA) is 46.9 Å². The first-order chi connectivity index (χ1) is 10.1. The van der Waals surface area contributed by atoms with Crippen molar-refractivity contribution >= 4 is 16.9 Å². The molecule has 1 unspecified atom stereocenters. The maximum absolute atomic E-state index is 11.8. The van der Waals surface area contributed by atoms with Gasteiger partial charge < -0.3 is 9.88 Å². The number of aromatic nitrogens is 2. The molecule has 21 heavy (non-hydrogen) atoms. The number of fused-ring (bicyclic) bond motifs is 1. The average molecular weight is 287 g/mol. The number of hydrogen-bond donors (Lipinski definition) is 1. The molecule has 0 aliphatic rings. The second-order valence-corrected chi connectivity index (χ2v) is 5.63. The van der Waals surface area contributed by atoms with Gasteiger partial charge in [0.1, 0.15) is 5.82 Å². The highest BCUT2D eigenvalue weighted by atomic mass is 16.1. The van der Waals surface area contributed by atoms with Crippen LogP contribution < -0.4 is 5.32 Å². The van der Waals surface area contributed by atoms with Crippen molar-refractivity contribution in [2.45, 2.75) is 46.6 Å². The monoisotopic (exact) mass is 287 g/mol. The van der Waals surface area contributed by atoms with Gasteiger partial charge in [-0.1, -0.05) is 32.4 Å². The van der Waals surface area contributed by atoms with Gasteiger partial charge in [-0.15, -0.1) is 0 Å². The summed E-state index contributed by atoms with van der Waals surface area (Å²) in [4.78, 5) is 16.4. The van der Waals surface area contributed by atoms with Crippen molar-refractivity contribution in [2.75, 3.05) is 6.54 Å². The summed E-state index contributed by atoms with van der Waals surface area (Å²) in [6.07, 6.45) is 2.93. The van der Waals surface area contributed by atoms with Crippen LogP contribution in [0.25, 0.3) is 11.0 Å². The molecule has 0 aliphatic heterocycles. The first-order valence-electron chi connectivity index (χ1n) is 7.83. The normalized spacial score (nSPS) is 12.5. The highest BCUT2D eigenvalue weighted by molar-refractivity contribution is 5.78. The molecule has 2 aromatic rings. The zero-order valence-electron chi connectivity index (χ0n) is 13.2. The number of para-hydroxylation sites is 2. The third kappa shape index (κ3) is 3.84. The predicted molar refractivity (Wildman–Crippen MR) is 86.2 cm³/mol. The lowest BCUT2D eigenvalue weighted by atomic mass is 10.1. The lowest BCUT2D eigenvalue weighted by Gasteiger charge is -2.12. The van der Waals surface area contributed by atoms with Crippen LogP contribution >= 0.6 is 0 Å². The van der Waals surface area contributed by atoms with Crippen molar-refractivity contribution in [2.24, 2.45) is 5.92 Å². The molecule has 0 fully saturated rings. The Bertz CT molecular complexity index is 603. The van der Waals surface area contributed by atoms with E-state index in [0.717, 1.165) is 43.7 Å². The van der Waals surface area contributed by atoms with Crippen LogP contribution in [0.1, 0.15) is 38.9 Å². The third-order valence-corrected chi connectivity index (χ3v) is 3.87. The molecule has 0 saturated heterocycles. The Balaban J connectivity index is 1.86. The fourth-order valence-electron chi connectivity index (χ4n) is 2.67. The van der Waals surface area contributed by atoms with Crippen molar-refractivity contribution in [3.05, 3.63) is 30.1 Å². The molecule has 0 radical (unpaired) electrons. The highest BCUT2D eigenvalue weighted by Gasteiger charge is 2.11. The van der Waals surface area contributed by atoms with Crippen LogP contribution in [0.15, 0.2) is 24.3 Å². The Hall–Kier alpha value is -1.84. The fraction of sp³-hybridized carbons (Fsp3) is 0.529. The zero-order valence-corrected chi connectivity index (χ0v) is 13.2. The Morgan fingerprint density at radius 2 is 2.14 bits per heavy atom. The van der Waals surface area contributed by atoms with Crippen LogP contribution in [0.3, 0.4) is 0 Å². The molecule has 0 saturated carbocycles. The van der Waals surface area contributed by atoms with Crippen molar-refractivity contribution in [1.29, 1.82) is 0 Å². The molecule has 1 aromatic carbocycles. The summed E-state index contributed by atoms with van der Waals surface area (Å²) in [5.41, 5.74) is 2.20. The summed E-state index contributed by atoms with van der Waals surface area (Å²) in [5, 5.41) is 3.02. The van der Waals surface area contributed by atoms with Gasteiger partial charge in [-0.2, -0.15) is 0 Å². The maximum Gasteiger partial charge on any atom is 0.222 e. The van der Waals surface area contributed by atoms with E-state index in [1.807, 2.05) is 32.0 Å². The van der Waals surface area contributed by atoms with Gasteiger partial charge in [-0.3, -0.25) is 4.79 Å². The van der Waals surface area contributed by atoms with Crippen molar-refractivity contribution in [1.82, 2.24) is 14.9 Å². The van der Waals surface area contributed by atoms with E-state index in [-0.39, 0.29) is 11.8 Å². The van der Waals surface area contributed by atoms with Gasteiger partial charge in [0.2, 0.25) is 5.91 Å². The molecular formula is C17H25N3O. The van der Waals surface area contributed by atoms with E-state index in [2.05, 4.69) is 27.9 Å². The second kappa shape index (κ2) is 7.25. The largest absolute Gasteiger partial charge is 0.356 e. The molecule has 1 N–H and O–H groups in total. The molecule has 0 bridgehead atoms. The van der Waals surface area contributed by atoms with E-state index in [9.17, 15) is 4.79 Å². The average Bonchev–Trinajstić information content (AvgIpc) is 2.79. The zero-order chi connectivity index (χ0) is 15.2. The smallest absolute Gasteiger partial charge is 0.222 e. The number of hydrogen-bond acceptors (Lipinski definition) is 2. The van der Waals surface area contributed by atoms with Gasteiger partial charge in [0.15, 0.2) is 0 Å². The summed E-state index contributed by atoms with van der Waals surface area (Å²) in [5.74, 6) is 1.32. The molecule has 4 heteroatoms. The molecule has 1 atom stereocenters. The van der Waals surface area contributed by atoms with Crippen LogP contribution in [-0.2, 0) is 11.3 Å². The number of aryl methyl sites for hydroxylation is 2. The van der Waals surface area contributed by atoms with Gasteiger partial charge >= 0.3 is 0 Å². The summed E-state index contributed by atoms with van der Waals surface area (Å²) >= 11 is 0. The standard InChI is InChI=1S/C17H25N3O/c1-4-8-13(2)17(21)18-11-7-12-20-14(3)19-15-9-5-6-10-16(15)20/h5-6,9-10,13H,4,7-8,11-12H2,1-3H3,(H,18,21). The van der Waals surface area contributed by atoms with E-state index < -0.39 is 0 Å². The number of imidazole rings is 1. The van der Waals surface area contributed by atoms with Gasteiger partial charge in [-0.05, 0) is 31.9 Å².